The number of hydrogen-bond donors (Lipinski definition) is 2. The van der Waals surface area contributed by atoms with E-state index in [1.165, 1.54) is 17.5 Å². The highest BCUT2D eigenvalue weighted by molar-refractivity contribution is 9.11. The molecule has 4 heteroatoms. The Hall–Kier alpha value is -1.000. The van der Waals surface area contributed by atoms with Gasteiger partial charge in [-0.3, -0.25) is 0 Å². The van der Waals surface area contributed by atoms with Gasteiger partial charge in [0.05, 0.1) is 6.04 Å². The lowest BCUT2D eigenvalue weighted by molar-refractivity contribution is 0.471. The average Bonchev–Trinajstić information content (AvgIpc) is 2.42. The first-order valence-electron chi connectivity index (χ1n) is 6.67. The van der Waals surface area contributed by atoms with E-state index in [0.717, 1.165) is 27.5 Å². The van der Waals surface area contributed by atoms with Crippen LogP contribution in [0.4, 0.5) is 5.69 Å². The lowest BCUT2D eigenvalue weighted by Gasteiger charge is -2.28. The molecule has 104 valence electrons. The van der Waals surface area contributed by atoms with Crippen molar-refractivity contribution in [1.29, 1.82) is 0 Å². The number of aromatic hydroxyl groups is 1. The van der Waals surface area contributed by atoms with Crippen LogP contribution in [0.3, 0.4) is 0 Å². The van der Waals surface area contributed by atoms with Gasteiger partial charge in [0.1, 0.15) is 5.75 Å². The van der Waals surface area contributed by atoms with E-state index in [9.17, 15) is 5.11 Å². The van der Waals surface area contributed by atoms with E-state index >= 15 is 0 Å². The molecule has 0 fully saturated rings. The Labute approximate surface area is 135 Å². The van der Waals surface area contributed by atoms with Crippen LogP contribution in [-0.2, 0) is 6.42 Å². The van der Waals surface area contributed by atoms with Gasteiger partial charge in [-0.05, 0) is 76.7 Å². The van der Waals surface area contributed by atoms with Crippen molar-refractivity contribution in [2.45, 2.75) is 25.3 Å². The largest absolute Gasteiger partial charge is 0.508 e. The van der Waals surface area contributed by atoms with Crippen LogP contribution in [0.2, 0.25) is 0 Å². The highest BCUT2D eigenvalue weighted by atomic mass is 79.9. The first-order valence-corrected chi connectivity index (χ1v) is 8.25. The fourth-order valence-corrected chi connectivity index (χ4v) is 3.89. The Morgan fingerprint density at radius 3 is 2.75 bits per heavy atom. The molecule has 0 heterocycles. The van der Waals surface area contributed by atoms with Crippen LogP contribution >= 0.6 is 31.9 Å². The number of phenols is 1. The maximum absolute atomic E-state index is 9.72. The van der Waals surface area contributed by atoms with Crippen LogP contribution in [0, 0.1) is 0 Å². The van der Waals surface area contributed by atoms with Crippen molar-refractivity contribution in [1.82, 2.24) is 0 Å². The van der Waals surface area contributed by atoms with E-state index in [-0.39, 0.29) is 6.04 Å². The Balaban J connectivity index is 1.91. The van der Waals surface area contributed by atoms with Gasteiger partial charge in [-0.15, -0.1) is 0 Å². The fraction of sp³-hybridized carbons (Fsp3) is 0.250. The predicted octanol–water partition coefficient (Wildman–Crippen LogP) is 5.41. The minimum atomic E-state index is 0.253. The van der Waals surface area contributed by atoms with Crippen LogP contribution in [-0.4, -0.2) is 5.11 Å². The summed E-state index contributed by atoms with van der Waals surface area (Å²) in [5.41, 5.74) is 3.63. The molecule has 1 aliphatic carbocycles. The van der Waals surface area contributed by atoms with E-state index in [4.69, 9.17) is 0 Å². The van der Waals surface area contributed by atoms with E-state index < -0.39 is 0 Å². The SMILES string of the molecule is Oc1ccc2c(c1)C(Nc1ccc(Br)cc1Br)CCC2. The number of anilines is 1. The third-order valence-corrected chi connectivity index (χ3v) is 4.85. The van der Waals surface area contributed by atoms with Crippen LogP contribution < -0.4 is 5.32 Å². The highest BCUT2D eigenvalue weighted by Crippen LogP contribution is 2.36. The summed E-state index contributed by atoms with van der Waals surface area (Å²) in [6.07, 6.45) is 3.35. The standard InChI is InChI=1S/C16H15Br2NO/c17-11-5-7-16(14(18)8-11)19-15-3-1-2-10-4-6-12(20)9-13(10)15/h4-9,15,19-20H,1-3H2. The van der Waals surface area contributed by atoms with E-state index in [1.807, 2.05) is 24.3 Å². The van der Waals surface area contributed by atoms with Gasteiger partial charge in [0, 0.05) is 14.6 Å². The fourth-order valence-electron chi connectivity index (χ4n) is 2.73. The van der Waals surface area contributed by atoms with Gasteiger partial charge in [0.25, 0.3) is 0 Å². The second-order valence-electron chi connectivity index (χ2n) is 5.10. The molecule has 20 heavy (non-hydrogen) atoms. The van der Waals surface area contributed by atoms with Crippen molar-refractivity contribution in [3.8, 4) is 5.75 Å². The molecule has 2 aromatic carbocycles. The van der Waals surface area contributed by atoms with Gasteiger partial charge in [-0.2, -0.15) is 0 Å². The van der Waals surface area contributed by atoms with Crippen LogP contribution in [0.15, 0.2) is 45.3 Å². The summed E-state index contributed by atoms with van der Waals surface area (Å²) in [7, 11) is 0. The molecule has 2 aromatic rings. The minimum absolute atomic E-state index is 0.253. The van der Waals surface area contributed by atoms with Crippen LogP contribution in [0.1, 0.15) is 30.0 Å². The number of fused-ring (bicyclic) bond motifs is 1. The zero-order valence-corrected chi connectivity index (χ0v) is 14.0. The maximum atomic E-state index is 9.72. The molecular weight excluding hydrogens is 382 g/mol. The number of rotatable bonds is 2. The lowest BCUT2D eigenvalue weighted by atomic mass is 9.87. The van der Waals surface area contributed by atoms with Gasteiger partial charge in [-0.1, -0.05) is 22.0 Å². The predicted molar refractivity (Wildman–Crippen MR) is 89.3 cm³/mol. The monoisotopic (exact) mass is 395 g/mol. The average molecular weight is 397 g/mol. The van der Waals surface area contributed by atoms with Crippen LogP contribution in [0.25, 0.3) is 0 Å². The zero-order chi connectivity index (χ0) is 14.1. The first-order chi connectivity index (χ1) is 9.63. The molecule has 0 saturated carbocycles. The Morgan fingerprint density at radius 2 is 1.95 bits per heavy atom. The van der Waals surface area contributed by atoms with E-state index in [2.05, 4.69) is 43.2 Å². The van der Waals surface area contributed by atoms with Gasteiger partial charge >= 0.3 is 0 Å². The van der Waals surface area contributed by atoms with Crippen molar-refractivity contribution in [3.63, 3.8) is 0 Å². The molecule has 0 aliphatic heterocycles. The molecule has 1 atom stereocenters. The number of nitrogens with one attached hydrogen (secondary N) is 1. The number of benzene rings is 2. The van der Waals surface area contributed by atoms with E-state index in [0.29, 0.717) is 5.75 Å². The van der Waals surface area contributed by atoms with Gasteiger partial charge in [-0.25, -0.2) is 0 Å². The number of hydrogen-bond acceptors (Lipinski definition) is 2. The Kier molecular flexibility index (Phi) is 4.03. The van der Waals surface area contributed by atoms with Crippen molar-refractivity contribution in [3.05, 3.63) is 56.5 Å². The summed E-state index contributed by atoms with van der Waals surface area (Å²) in [4.78, 5) is 0. The number of aryl methyl sites for hydroxylation is 1. The number of halogens is 2. The molecule has 3 rings (SSSR count). The van der Waals surface area contributed by atoms with Crippen LogP contribution in [0.5, 0.6) is 5.75 Å². The molecule has 0 amide bonds. The molecular formula is C16H15Br2NO. The third-order valence-electron chi connectivity index (χ3n) is 3.70. The van der Waals surface area contributed by atoms with Crippen molar-refractivity contribution in [2.75, 3.05) is 5.32 Å². The summed E-state index contributed by atoms with van der Waals surface area (Å²) >= 11 is 7.05. The quantitative estimate of drug-likeness (QED) is 0.711. The first kappa shape index (κ1) is 14.0. The summed E-state index contributed by atoms with van der Waals surface area (Å²) in [6.45, 7) is 0. The molecule has 0 saturated heterocycles. The lowest BCUT2D eigenvalue weighted by Crippen LogP contribution is -2.17. The van der Waals surface area contributed by atoms with Gasteiger partial charge in [0.2, 0.25) is 0 Å². The zero-order valence-electron chi connectivity index (χ0n) is 10.9. The molecule has 0 spiro atoms. The summed E-state index contributed by atoms with van der Waals surface area (Å²) in [5, 5.41) is 13.3. The van der Waals surface area contributed by atoms with Gasteiger partial charge in [0.15, 0.2) is 0 Å². The van der Waals surface area contributed by atoms with E-state index in [1.54, 1.807) is 6.07 Å². The highest BCUT2D eigenvalue weighted by Gasteiger charge is 2.21. The second-order valence-corrected chi connectivity index (χ2v) is 6.87. The Morgan fingerprint density at radius 1 is 1.10 bits per heavy atom. The third kappa shape index (κ3) is 2.86. The topological polar surface area (TPSA) is 32.3 Å². The smallest absolute Gasteiger partial charge is 0.115 e. The molecule has 0 bridgehead atoms. The molecule has 0 radical (unpaired) electrons. The normalized spacial score (nSPS) is 17.6. The molecule has 0 aromatic heterocycles. The Bertz CT molecular complexity index is 642. The maximum Gasteiger partial charge on any atom is 0.115 e. The van der Waals surface area contributed by atoms with Gasteiger partial charge < -0.3 is 10.4 Å². The minimum Gasteiger partial charge on any atom is -0.508 e. The van der Waals surface area contributed by atoms with Crippen molar-refractivity contribution in [2.24, 2.45) is 0 Å². The summed E-state index contributed by atoms with van der Waals surface area (Å²) < 4.78 is 2.09. The van der Waals surface area contributed by atoms with Crippen molar-refractivity contribution >= 4 is 37.5 Å². The molecule has 1 unspecified atom stereocenters. The summed E-state index contributed by atoms with van der Waals surface area (Å²) in [5.74, 6) is 0.340. The molecule has 1 aliphatic rings. The second kappa shape index (κ2) is 5.78. The molecule has 2 N–H and O–H groups in total. The summed E-state index contributed by atoms with van der Waals surface area (Å²) in [6, 6.07) is 12.1. The van der Waals surface area contributed by atoms with Crippen molar-refractivity contribution < 1.29 is 5.11 Å². The number of phenolic OH excluding ortho intramolecular Hbond substituents is 1. The molecule has 2 nitrogen and oxygen atoms in total.